The number of hydrogen-bond donors (Lipinski definition) is 2. The van der Waals surface area contributed by atoms with E-state index < -0.39 is 6.09 Å². The van der Waals surface area contributed by atoms with Gasteiger partial charge in [0.25, 0.3) is 0 Å². The summed E-state index contributed by atoms with van der Waals surface area (Å²) in [6.07, 6.45) is 0.452. The van der Waals surface area contributed by atoms with E-state index in [9.17, 15) is 4.79 Å². The van der Waals surface area contributed by atoms with E-state index in [1.807, 2.05) is 42.5 Å². The summed E-state index contributed by atoms with van der Waals surface area (Å²) < 4.78 is 16.1. The summed E-state index contributed by atoms with van der Waals surface area (Å²) in [5.74, 6) is 1.53. The highest BCUT2D eigenvalue weighted by molar-refractivity contribution is 5.67. The first-order chi connectivity index (χ1) is 12.7. The van der Waals surface area contributed by atoms with Crippen LogP contribution in [0.1, 0.15) is 22.7 Å². The van der Waals surface area contributed by atoms with Crippen LogP contribution in [-0.4, -0.2) is 33.4 Å². The maximum atomic E-state index is 12.0. The summed E-state index contributed by atoms with van der Waals surface area (Å²) in [5.41, 5.74) is 3.19. The van der Waals surface area contributed by atoms with Crippen molar-refractivity contribution in [3.63, 3.8) is 0 Å². The highest BCUT2D eigenvalue weighted by atomic mass is 16.5. The van der Waals surface area contributed by atoms with Crippen molar-refractivity contribution in [1.82, 2.24) is 10.6 Å². The number of hydrogen-bond acceptors (Lipinski definition) is 5. The molecule has 2 aromatic rings. The van der Waals surface area contributed by atoms with E-state index in [-0.39, 0.29) is 12.6 Å². The first-order valence-corrected chi connectivity index (χ1v) is 8.64. The van der Waals surface area contributed by atoms with Crippen molar-refractivity contribution in [1.29, 1.82) is 0 Å². The number of ether oxygens (including phenoxy) is 3. The summed E-state index contributed by atoms with van der Waals surface area (Å²) in [7, 11) is 3.28. The van der Waals surface area contributed by atoms with Crippen LogP contribution in [0.15, 0.2) is 42.5 Å². The quantitative estimate of drug-likeness (QED) is 0.833. The number of carbonyl (C=O) groups excluding carboxylic acids is 1. The number of benzene rings is 2. The van der Waals surface area contributed by atoms with Gasteiger partial charge in [0.15, 0.2) is 0 Å². The Morgan fingerprint density at radius 1 is 1.19 bits per heavy atom. The fraction of sp³-hybridized carbons (Fsp3) is 0.350. The Bertz CT molecular complexity index is 732. The molecule has 0 radical (unpaired) electrons. The molecule has 1 aliphatic rings. The van der Waals surface area contributed by atoms with Gasteiger partial charge in [-0.15, -0.1) is 0 Å². The molecule has 1 atom stereocenters. The molecule has 0 aromatic heterocycles. The Kier molecular flexibility index (Phi) is 5.96. The number of amides is 1. The van der Waals surface area contributed by atoms with E-state index in [1.54, 1.807) is 14.2 Å². The van der Waals surface area contributed by atoms with Crippen LogP contribution in [-0.2, 0) is 17.8 Å². The van der Waals surface area contributed by atoms with E-state index in [0.29, 0.717) is 6.54 Å². The van der Waals surface area contributed by atoms with Crippen molar-refractivity contribution < 1.29 is 19.0 Å². The number of methoxy groups -OCH3 is 2. The van der Waals surface area contributed by atoms with Crippen molar-refractivity contribution >= 4 is 6.09 Å². The SMILES string of the molecule is COc1cc2c(c(OC)c1)C(CNC(=O)OCc1ccccc1)NCC2. The molecule has 0 spiro atoms. The third-order valence-electron chi connectivity index (χ3n) is 4.45. The fourth-order valence-corrected chi connectivity index (χ4v) is 3.16. The molecule has 3 rings (SSSR count). The van der Waals surface area contributed by atoms with Gasteiger partial charge in [0.05, 0.1) is 20.3 Å². The maximum Gasteiger partial charge on any atom is 0.407 e. The molecule has 0 saturated carbocycles. The van der Waals surface area contributed by atoms with Gasteiger partial charge < -0.3 is 24.8 Å². The average Bonchev–Trinajstić information content (AvgIpc) is 2.70. The monoisotopic (exact) mass is 356 g/mol. The molecule has 6 nitrogen and oxygen atoms in total. The zero-order valence-corrected chi connectivity index (χ0v) is 15.1. The molecule has 1 aliphatic heterocycles. The second-order valence-electron chi connectivity index (χ2n) is 6.10. The Balaban J connectivity index is 1.62. The van der Waals surface area contributed by atoms with Crippen LogP contribution < -0.4 is 20.1 Å². The highest BCUT2D eigenvalue weighted by Gasteiger charge is 2.25. The lowest BCUT2D eigenvalue weighted by Gasteiger charge is -2.29. The van der Waals surface area contributed by atoms with Gasteiger partial charge in [-0.05, 0) is 30.2 Å². The van der Waals surface area contributed by atoms with Gasteiger partial charge in [-0.25, -0.2) is 4.79 Å². The van der Waals surface area contributed by atoms with Crippen molar-refractivity contribution in [2.75, 3.05) is 27.3 Å². The van der Waals surface area contributed by atoms with Gasteiger partial charge in [0.1, 0.15) is 18.1 Å². The van der Waals surface area contributed by atoms with Crippen LogP contribution in [0.25, 0.3) is 0 Å². The second-order valence-corrected chi connectivity index (χ2v) is 6.10. The molecule has 0 fully saturated rings. The van der Waals surface area contributed by atoms with Gasteiger partial charge in [-0.2, -0.15) is 0 Å². The lowest BCUT2D eigenvalue weighted by Crippen LogP contribution is -2.39. The minimum Gasteiger partial charge on any atom is -0.497 e. The van der Waals surface area contributed by atoms with Crippen molar-refractivity contribution in [3.8, 4) is 11.5 Å². The summed E-state index contributed by atoms with van der Waals surface area (Å²) >= 11 is 0. The Morgan fingerprint density at radius 2 is 2.00 bits per heavy atom. The summed E-state index contributed by atoms with van der Waals surface area (Å²) in [5, 5.41) is 6.26. The number of nitrogens with one attached hydrogen (secondary N) is 2. The third kappa shape index (κ3) is 4.26. The molecule has 2 N–H and O–H groups in total. The standard InChI is InChI=1S/C20H24N2O4/c1-24-16-10-15-8-9-21-17(19(15)18(11-16)25-2)12-22-20(23)26-13-14-6-4-3-5-7-14/h3-7,10-11,17,21H,8-9,12-13H2,1-2H3,(H,22,23). The maximum absolute atomic E-state index is 12.0. The second kappa shape index (κ2) is 8.58. The van der Waals surface area contributed by atoms with Crippen LogP contribution >= 0.6 is 0 Å². The molecule has 6 heteroatoms. The normalized spacial score (nSPS) is 15.7. The predicted octanol–water partition coefficient (Wildman–Crippen LogP) is 2.82. The zero-order valence-electron chi connectivity index (χ0n) is 15.1. The molecule has 26 heavy (non-hydrogen) atoms. The predicted molar refractivity (Wildman–Crippen MR) is 98.6 cm³/mol. The molecule has 1 unspecified atom stereocenters. The molecule has 0 bridgehead atoms. The Labute approximate surface area is 153 Å². The number of alkyl carbamates (subject to hydrolysis) is 1. The van der Waals surface area contributed by atoms with Gasteiger partial charge in [0.2, 0.25) is 0 Å². The smallest absolute Gasteiger partial charge is 0.407 e. The first kappa shape index (κ1) is 18.1. The van der Waals surface area contributed by atoms with E-state index in [4.69, 9.17) is 14.2 Å². The first-order valence-electron chi connectivity index (χ1n) is 8.64. The van der Waals surface area contributed by atoms with Gasteiger partial charge in [0, 0.05) is 18.2 Å². The molecule has 1 amide bonds. The van der Waals surface area contributed by atoms with E-state index in [0.717, 1.165) is 35.6 Å². The molecule has 0 aliphatic carbocycles. The zero-order chi connectivity index (χ0) is 18.4. The third-order valence-corrected chi connectivity index (χ3v) is 4.45. The van der Waals surface area contributed by atoms with Crippen LogP contribution in [0.3, 0.4) is 0 Å². The summed E-state index contributed by atoms with van der Waals surface area (Å²) in [6.45, 7) is 1.50. The minimum atomic E-state index is -0.435. The number of carbonyl (C=O) groups is 1. The lowest BCUT2D eigenvalue weighted by molar-refractivity contribution is 0.138. The average molecular weight is 356 g/mol. The summed E-state index contributed by atoms with van der Waals surface area (Å²) in [6, 6.07) is 13.5. The van der Waals surface area contributed by atoms with Crippen LogP contribution in [0.4, 0.5) is 4.79 Å². The van der Waals surface area contributed by atoms with Crippen molar-refractivity contribution in [3.05, 3.63) is 59.2 Å². The van der Waals surface area contributed by atoms with Crippen molar-refractivity contribution in [2.45, 2.75) is 19.1 Å². The largest absolute Gasteiger partial charge is 0.497 e. The molecule has 138 valence electrons. The van der Waals surface area contributed by atoms with Crippen LogP contribution in [0.5, 0.6) is 11.5 Å². The number of rotatable bonds is 6. The van der Waals surface area contributed by atoms with Crippen LogP contribution in [0, 0.1) is 0 Å². The van der Waals surface area contributed by atoms with E-state index >= 15 is 0 Å². The Morgan fingerprint density at radius 3 is 2.73 bits per heavy atom. The van der Waals surface area contributed by atoms with Crippen molar-refractivity contribution in [2.24, 2.45) is 0 Å². The lowest BCUT2D eigenvalue weighted by atomic mass is 9.93. The number of fused-ring (bicyclic) bond motifs is 1. The van der Waals surface area contributed by atoms with E-state index in [1.165, 1.54) is 5.56 Å². The van der Waals surface area contributed by atoms with Crippen LogP contribution in [0.2, 0.25) is 0 Å². The van der Waals surface area contributed by atoms with Gasteiger partial charge in [-0.1, -0.05) is 30.3 Å². The highest BCUT2D eigenvalue weighted by Crippen LogP contribution is 2.35. The molecular formula is C20H24N2O4. The van der Waals surface area contributed by atoms with E-state index in [2.05, 4.69) is 10.6 Å². The minimum absolute atomic E-state index is 0.0381. The van der Waals surface area contributed by atoms with Gasteiger partial charge in [-0.3, -0.25) is 0 Å². The van der Waals surface area contributed by atoms with Gasteiger partial charge >= 0.3 is 6.09 Å². The molecule has 0 saturated heterocycles. The molecular weight excluding hydrogens is 332 g/mol. The molecule has 1 heterocycles. The topological polar surface area (TPSA) is 68.8 Å². The summed E-state index contributed by atoms with van der Waals surface area (Å²) in [4.78, 5) is 12.0. The Hall–Kier alpha value is -2.73. The fourth-order valence-electron chi connectivity index (χ4n) is 3.16. The molecule has 2 aromatic carbocycles.